The average molecular weight is 183 g/mol. The number of rotatable bonds is 6. The summed E-state index contributed by atoms with van der Waals surface area (Å²) in [5, 5.41) is 0. The Hall–Kier alpha value is 0. The minimum absolute atomic E-state index is 0.494. The Bertz CT molecular complexity index is 122. The summed E-state index contributed by atoms with van der Waals surface area (Å²) >= 11 is 0. The van der Waals surface area contributed by atoms with Crippen LogP contribution in [0.2, 0.25) is 0 Å². The Morgan fingerprint density at radius 1 is 1.15 bits per heavy atom. The first kappa shape index (κ1) is 13.0. The van der Waals surface area contributed by atoms with Crippen LogP contribution in [0.25, 0.3) is 0 Å². The second-order valence-electron chi connectivity index (χ2n) is 5.11. The third-order valence-corrected chi connectivity index (χ3v) is 3.40. The average Bonchev–Trinajstić information content (AvgIpc) is 2.04. The molecule has 0 heterocycles. The molecule has 1 atom stereocenters. The minimum atomic E-state index is 0.494. The first-order valence-electron chi connectivity index (χ1n) is 5.75. The number of hydrogen-bond acceptors (Lipinski definition) is 0. The molecule has 0 fully saturated rings. The lowest BCUT2D eigenvalue weighted by Crippen LogP contribution is -2.26. The van der Waals surface area contributed by atoms with Crippen LogP contribution in [0.3, 0.4) is 0 Å². The van der Waals surface area contributed by atoms with E-state index in [0.29, 0.717) is 5.41 Å². The highest BCUT2D eigenvalue weighted by molar-refractivity contribution is 4.94. The summed E-state index contributed by atoms with van der Waals surface area (Å²) in [5.41, 5.74) is 0.494. The Morgan fingerprint density at radius 3 is 2.00 bits per heavy atom. The van der Waals surface area contributed by atoms with Gasteiger partial charge in [-0.25, -0.2) is 0 Å². The van der Waals surface area contributed by atoms with Crippen molar-refractivity contribution < 1.29 is 0 Å². The van der Waals surface area contributed by atoms with Crippen LogP contribution in [0.15, 0.2) is 0 Å². The van der Waals surface area contributed by atoms with Gasteiger partial charge in [-0.05, 0) is 23.7 Å². The number of hydrogen-bond donors (Lipinski definition) is 0. The molecule has 79 valence electrons. The third kappa shape index (κ3) is 4.15. The summed E-state index contributed by atoms with van der Waals surface area (Å²) in [6.45, 7) is 14.0. The Labute approximate surface area is 85.1 Å². The largest absolute Gasteiger partial charge is 0.0654 e. The fourth-order valence-electron chi connectivity index (χ4n) is 2.12. The second-order valence-corrected chi connectivity index (χ2v) is 5.11. The summed E-state index contributed by atoms with van der Waals surface area (Å²) in [6, 6.07) is 0. The molecule has 0 spiro atoms. The zero-order valence-electron chi connectivity index (χ0n) is 10.4. The molecule has 1 unspecified atom stereocenters. The minimum Gasteiger partial charge on any atom is -0.0654 e. The molecular formula is C13H27. The summed E-state index contributed by atoms with van der Waals surface area (Å²) in [5.74, 6) is 2.43. The summed E-state index contributed by atoms with van der Waals surface area (Å²) in [6.07, 6.45) is 5.36. The third-order valence-electron chi connectivity index (χ3n) is 3.40. The normalized spacial score (nSPS) is 15.0. The van der Waals surface area contributed by atoms with Crippen molar-refractivity contribution in [3.05, 3.63) is 5.92 Å². The summed E-state index contributed by atoms with van der Waals surface area (Å²) in [7, 11) is 0. The predicted molar refractivity (Wildman–Crippen MR) is 61.7 cm³/mol. The van der Waals surface area contributed by atoms with Gasteiger partial charge < -0.3 is 0 Å². The van der Waals surface area contributed by atoms with E-state index in [0.717, 1.165) is 5.92 Å². The van der Waals surface area contributed by atoms with E-state index in [-0.39, 0.29) is 0 Å². The highest BCUT2D eigenvalue weighted by Crippen LogP contribution is 2.39. The lowest BCUT2D eigenvalue weighted by Gasteiger charge is -2.36. The van der Waals surface area contributed by atoms with E-state index in [1.165, 1.54) is 25.7 Å². The maximum absolute atomic E-state index is 2.40. The molecule has 13 heavy (non-hydrogen) atoms. The molecule has 0 aromatic heterocycles. The van der Waals surface area contributed by atoms with Crippen LogP contribution in [0.5, 0.6) is 0 Å². The van der Waals surface area contributed by atoms with E-state index < -0.39 is 0 Å². The maximum Gasteiger partial charge on any atom is -0.0267 e. The molecule has 0 aliphatic rings. The molecule has 0 bridgehead atoms. The van der Waals surface area contributed by atoms with Gasteiger partial charge in [-0.3, -0.25) is 0 Å². The van der Waals surface area contributed by atoms with Gasteiger partial charge in [0.2, 0.25) is 0 Å². The Balaban J connectivity index is 4.23. The van der Waals surface area contributed by atoms with Gasteiger partial charge in [0.25, 0.3) is 0 Å². The lowest BCUT2D eigenvalue weighted by molar-refractivity contribution is 0.200. The Morgan fingerprint density at radius 2 is 1.69 bits per heavy atom. The SMILES string of the molecule is CCCCC([C](C)C)C(C)(C)CC. The number of unbranched alkanes of at least 4 members (excludes halogenated alkanes) is 1. The molecule has 0 N–H and O–H groups in total. The molecular weight excluding hydrogens is 156 g/mol. The van der Waals surface area contributed by atoms with E-state index in [4.69, 9.17) is 0 Å². The zero-order chi connectivity index (χ0) is 10.5. The van der Waals surface area contributed by atoms with Crippen LogP contribution in [0.4, 0.5) is 0 Å². The van der Waals surface area contributed by atoms with Gasteiger partial charge in [-0.2, -0.15) is 0 Å². The van der Waals surface area contributed by atoms with Crippen molar-refractivity contribution in [3.63, 3.8) is 0 Å². The summed E-state index contributed by atoms with van der Waals surface area (Å²) < 4.78 is 0. The van der Waals surface area contributed by atoms with Crippen molar-refractivity contribution in [3.8, 4) is 0 Å². The van der Waals surface area contributed by atoms with Crippen LogP contribution in [0.1, 0.15) is 67.2 Å². The molecule has 0 heteroatoms. The van der Waals surface area contributed by atoms with E-state index in [9.17, 15) is 0 Å². The molecule has 0 aliphatic heterocycles. The molecule has 0 aromatic rings. The predicted octanol–water partition coefficient (Wildman–Crippen LogP) is 4.84. The van der Waals surface area contributed by atoms with Crippen LogP contribution in [0, 0.1) is 17.3 Å². The van der Waals surface area contributed by atoms with Crippen molar-refractivity contribution in [2.75, 3.05) is 0 Å². The van der Waals surface area contributed by atoms with E-state index in [2.05, 4.69) is 41.5 Å². The zero-order valence-corrected chi connectivity index (χ0v) is 10.4. The van der Waals surface area contributed by atoms with Crippen LogP contribution < -0.4 is 0 Å². The molecule has 0 saturated heterocycles. The molecule has 1 radical (unpaired) electrons. The van der Waals surface area contributed by atoms with Crippen molar-refractivity contribution in [2.45, 2.75) is 67.2 Å². The quantitative estimate of drug-likeness (QED) is 0.552. The van der Waals surface area contributed by atoms with Gasteiger partial charge in [0.15, 0.2) is 0 Å². The first-order valence-corrected chi connectivity index (χ1v) is 5.75. The van der Waals surface area contributed by atoms with Gasteiger partial charge >= 0.3 is 0 Å². The van der Waals surface area contributed by atoms with E-state index in [1.54, 1.807) is 5.92 Å². The molecule has 0 nitrogen and oxygen atoms in total. The van der Waals surface area contributed by atoms with Crippen molar-refractivity contribution >= 4 is 0 Å². The second kappa shape index (κ2) is 5.67. The highest BCUT2D eigenvalue weighted by Gasteiger charge is 2.29. The first-order chi connectivity index (χ1) is 5.95. The maximum atomic E-state index is 2.40. The topological polar surface area (TPSA) is 0 Å². The molecule has 0 rings (SSSR count). The van der Waals surface area contributed by atoms with Gasteiger partial charge in [0, 0.05) is 0 Å². The van der Waals surface area contributed by atoms with Gasteiger partial charge in [0.05, 0.1) is 0 Å². The van der Waals surface area contributed by atoms with Crippen molar-refractivity contribution in [1.29, 1.82) is 0 Å². The fraction of sp³-hybridized carbons (Fsp3) is 0.923. The van der Waals surface area contributed by atoms with Crippen molar-refractivity contribution in [1.82, 2.24) is 0 Å². The lowest BCUT2D eigenvalue weighted by atomic mass is 9.69. The van der Waals surface area contributed by atoms with Crippen molar-refractivity contribution in [2.24, 2.45) is 11.3 Å². The van der Waals surface area contributed by atoms with Gasteiger partial charge in [-0.1, -0.05) is 60.8 Å². The standard InChI is InChI=1S/C13H27/c1-7-9-10-12(11(3)4)13(5,6)8-2/h12H,7-10H2,1-6H3. The van der Waals surface area contributed by atoms with E-state index in [1.807, 2.05) is 0 Å². The molecule has 0 aliphatic carbocycles. The van der Waals surface area contributed by atoms with Crippen LogP contribution >= 0.6 is 0 Å². The monoisotopic (exact) mass is 183 g/mol. The van der Waals surface area contributed by atoms with Crippen LogP contribution in [-0.4, -0.2) is 0 Å². The smallest absolute Gasteiger partial charge is 0.0267 e. The fourth-order valence-corrected chi connectivity index (χ4v) is 2.12. The molecule has 0 amide bonds. The van der Waals surface area contributed by atoms with Gasteiger partial charge in [-0.15, -0.1) is 0 Å². The summed E-state index contributed by atoms with van der Waals surface area (Å²) in [4.78, 5) is 0. The molecule has 0 aromatic carbocycles. The van der Waals surface area contributed by atoms with E-state index >= 15 is 0 Å². The highest BCUT2D eigenvalue weighted by atomic mass is 14.3. The molecule has 0 saturated carbocycles. The van der Waals surface area contributed by atoms with Gasteiger partial charge in [0.1, 0.15) is 0 Å². The van der Waals surface area contributed by atoms with Crippen LogP contribution in [-0.2, 0) is 0 Å². The Kier molecular flexibility index (Phi) is 5.67.